The molecule has 5 heteroatoms. The molecule has 0 radical (unpaired) electrons. The summed E-state index contributed by atoms with van der Waals surface area (Å²) in [5.41, 5.74) is 1.59. The SMILES string of the molecule is O=c1c2cc3c(ccc4ccccc43)oc-2nn1-c1ccc(Cl)cc1. The summed E-state index contributed by atoms with van der Waals surface area (Å²) in [6.07, 6.45) is 0. The van der Waals surface area contributed by atoms with Crippen molar-refractivity contribution in [2.75, 3.05) is 0 Å². The standard InChI is InChI=1S/C20H11ClN2O2/c21-13-6-8-14(9-7-13)23-20(24)17-11-16-15-4-2-1-3-12(15)5-10-18(16)25-19(17)22-23/h1-11H. The molecule has 3 aromatic rings. The number of rotatable bonds is 1. The molecule has 0 N–H and O–H groups in total. The molecule has 0 saturated heterocycles. The number of aromatic nitrogens is 2. The van der Waals surface area contributed by atoms with E-state index in [-0.39, 0.29) is 5.56 Å². The monoisotopic (exact) mass is 346 g/mol. The van der Waals surface area contributed by atoms with E-state index < -0.39 is 0 Å². The molecule has 5 rings (SSSR count). The van der Waals surface area contributed by atoms with E-state index in [0.29, 0.717) is 27.7 Å². The first-order chi connectivity index (χ1) is 12.2. The number of halogens is 1. The highest BCUT2D eigenvalue weighted by Gasteiger charge is 2.20. The minimum absolute atomic E-state index is 0.212. The van der Waals surface area contributed by atoms with E-state index in [1.165, 1.54) is 4.68 Å². The Bertz CT molecular complexity index is 1270. The summed E-state index contributed by atoms with van der Waals surface area (Å²) in [5.74, 6) is 0.322. The fourth-order valence-corrected chi connectivity index (χ4v) is 3.24. The first-order valence-electron chi connectivity index (χ1n) is 7.81. The molecule has 0 spiro atoms. The summed E-state index contributed by atoms with van der Waals surface area (Å²) >= 11 is 5.92. The number of benzene rings is 3. The smallest absolute Gasteiger partial charge is 0.284 e. The number of hydrogen-bond donors (Lipinski definition) is 0. The summed E-state index contributed by atoms with van der Waals surface area (Å²) in [6.45, 7) is 0. The van der Waals surface area contributed by atoms with Crippen molar-refractivity contribution in [3.05, 3.63) is 82.1 Å². The predicted octanol–water partition coefficient (Wildman–Crippen LogP) is 4.89. The summed E-state index contributed by atoms with van der Waals surface area (Å²) in [7, 11) is 0. The van der Waals surface area contributed by atoms with E-state index >= 15 is 0 Å². The summed E-state index contributed by atoms with van der Waals surface area (Å²) in [4.78, 5) is 12.8. The molecule has 120 valence electrons. The van der Waals surface area contributed by atoms with Crippen LogP contribution in [-0.2, 0) is 0 Å². The van der Waals surface area contributed by atoms with Crippen molar-refractivity contribution in [1.82, 2.24) is 9.78 Å². The van der Waals surface area contributed by atoms with Gasteiger partial charge in [0.25, 0.3) is 5.56 Å². The lowest BCUT2D eigenvalue weighted by Crippen LogP contribution is -2.14. The van der Waals surface area contributed by atoms with Crippen molar-refractivity contribution < 1.29 is 4.42 Å². The van der Waals surface area contributed by atoms with E-state index in [1.807, 2.05) is 42.5 Å². The zero-order valence-electron chi connectivity index (χ0n) is 12.9. The minimum Gasteiger partial charge on any atom is -0.436 e. The predicted molar refractivity (Wildman–Crippen MR) is 98.7 cm³/mol. The topological polar surface area (TPSA) is 48.0 Å². The van der Waals surface area contributed by atoms with Gasteiger partial charge < -0.3 is 4.42 Å². The average Bonchev–Trinajstić information content (AvgIpc) is 2.97. The first kappa shape index (κ1) is 14.3. The largest absolute Gasteiger partial charge is 0.436 e. The molecule has 0 amide bonds. The van der Waals surface area contributed by atoms with E-state index in [0.717, 1.165) is 16.2 Å². The van der Waals surface area contributed by atoms with Crippen LogP contribution in [0.5, 0.6) is 0 Å². The van der Waals surface area contributed by atoms with Crippen LogP contribution >= 0.6 is 11.6 Å². The lowest BCUT2D eigenvalue weighted by atomic mass is 10.0. The van der Waals surface area contributed by atoms with Crippen LogP contribution in [0.15, 0.2) is 75.9 Å². The Balaban J connectivity index is 1.84. The van der Waals surface area contributed by atoms with Gasteiger partial charge in [0, 0.05) is 10.4 Å². The molecule has 4 nitrogen and oxygen atoms in total. The van der Waals surface area contributed by atoms with Gasteiger partial charge in [-0.15, -0.1) is 5.10 Å². The van der Waals surface area contributed by atoms with Gasteiger partial charge in [0.1, 0.15) is 11.1 Å². The molecule has 0 aliphatic carbocycles. The van der Waals surface area contributed by atoms with Gasteiger partial charge in [-0.2, -0.15) is 4.68 Å². The Hall–Kier alpha value is -3.11. The highest BCUT2D eigenvalue weighted by molar-refractivity contribution is 6.30. The van der Waals surface area contributed by atoms with Crippen molar-refractivity contribution in [3.63, 3.8) is 0 Å². The fourth-order valence-electron chi connectivity index (χ4n) is 3.11. The quantitative estimate of drug-likeness (QED) is 0.406. The molecule has 3 aromatic carbocycles. The molecule has 2 heterocycles. The van der Waals surface area contributed by atoms with E-state index in [2.05, 4.69) is 5.10 Å². The fraction of sp³-hybridized carbons (Fsp3) is 0. The molecule has 0 atom stereocenters. The maximum Gasteiger partial charge on any atom is 0.284 e. The zero-order chi connectivity index (χ0) is 17.0. The van der Waals surface area contributed by atoms with Crippen molar-refractivity contribution in [3.8, 4) is 17.1 Å². The third kappa shape index (κ3) is 2.15. The van der Waals surface area contributed by atoms with Crippen molar-refractivity contribution >= 4 is 33.3 Å². The van der Waals surface area contributed by atoms with Crippen molar-refractivity contribution in [1.29, 1.82) is 0 Å². The third-order valence-corrected chi connectivity index (χ3v) is 4.59. The maximum absolute atomic E-state index is 12.8. The van der Waals surface area contributed by atoms with E-state index in [4.69, 9.17) is 16.0 Å². The Morgan fingerprint density at radius 1 is 0.920 bits per heavy atom. The second-order valence-corrected chi connectivity index (χ2v) is 6.29. The van der Waals surface area contributed by atoms with E-state index in [9.17, 15) is 4.79 Å². The maximum atomic E-state index is 12.8. The van der Waals surface area contributed by atoms with Crippen LogP contribution in [0, 0.1) is 0 Å². The molecule has 0 aromatic heterocycles. The normalized spacial score (nSPS) is 11.6. The Kier molecular flexibility index (Phi) is 2.96. The van der Waals surface area contributed by atoms with Crippen LogP contribution in [0.3, 0.4) is 0 Å². The molecule has 25 heavy (non-hydrogen) atoms. The van der Waals surface area contributed by atoms with Crippen LogP contribution < -0.4 is 5.56 Å². The van der Waals surface area contributed by atoms with Gasteiger partial charge in [0.15, 0.2) is 0 Å². The van der Waals surface area contributed by atoms with Gasteiger partial charge in [-0.1, -0.05) is 41.9 Å². The number of nitrogens with zero attached hydrogens (tertiary/aromatic N) is 2. The zero-order valence-corrected chi connectivity index (χ0v) is 13.7. The average molecular weight is 347 g/mol. The van der Waals surface area contributed by atoms with Crippen LogP contribution in [0.4, 0.5) is 0 Å². The molecule has 2 aliphatic heterocycles. The molecular formula is C20H11ClN2O2. The van der Waals surface area contributed by atoms with Crippen LogP contribution in [-0.4, -0.2) is 9.78 Å². The Morgan fingerprint density at radius 2 is 1.72 bits per heavy atom. The lowest BCUT2D eigenvalue weighted by Gasteiger charge is -2.04. The molecule has 2 aliphatic rings. The number of hydrogen-bond acceptors (Lipinski definition) is 3. The molecule has 0 unspecified atom stereocenters. The second-order valence-electron chi connectivity index (χ2n) is 5.86. The van der Waals surface area contributed by atoms with Crippen molar-refractivity contribution in [2.45, 2.75) is 0 Å². The van der Waals surface area contributed by atoms with Gasteiger partial charge in [-0.3, -0.25) is 4.79 Å². The summed E-state index contributed by atoms with van der Waals surface area (Å²) < 4.78 is 7.24. The van der Waals surface area contributed by atoms with Gasteiger partial charge in [-0.05, 0) is 47.2 Å². The molecular weight excluding hydrogens is 336 g/mol. The molecule has 0 bridgehead atoms. The van der Waals surface area contributed by atoms with Gasteiger partial charge in [0.2, 0.25) is 5.89 Å². The molecule has 0 saturated carbocycles. The van der Waals surface area contributed by atoms with Crippen LogP contribution in [0.1, 0.15) is 0 Å². The third-order valence-electron chi connectivity index (χ3n) is 4.34. The van der Waals surface area contributed by atoms with Gasteiger partial charge in [0.05, 0.1) is 5.69 Å². The van der Waals surface area contributed by atoms with Crippen LogP contribution in [0.25, 0.3) is 38.9 Å². The highest BCUT2D eigenvalue weighted by Crippen LogP contribution is 2.30. The molecule has 0 fully saturated rings. The van der Waals surface area contributed by atoms with E-state index in [1.54, 1.807) is 24.3 Å². The minimum atomic E-state index is -0.212. The van der Waals surface area contributed by atoms with Gasteiger partial charge in [-0.25, -0.2) is 0 Å². The first-order valence-corrected chi connectivity index (χ1v) is 8.19. The van der Waals surface area contributed by atoms with Gasteiger partial charge >= 0.3 is 0 Å². The second kappa shape index (κ2) is 5.19. The van der Waals surface area contributed by atoms with Crippen molar-refractivity contribution in [2.24, 2.45) is 0 Å². The Morgan fingerprint density at radius 3 is 2.56 bits per heavy atom. The highest BCUT2D eigenvalue weighted by atomic mass is 35.5. The summed E-state index contributed by atoms with van der Waals surface area (Å²) in [5, 5.41) is 7.99. The lowest BCUT2D eigenvalue weighted by molar-refractivity contribution is 0.591. The number of fused-ring (bicyclic) bond motifs is 4. The Labute approximate surface area is 147 Å². The summed E-state index contributed by atoms with van der Waals surface area (Å²) in [6, 6.07) is 20.7. The van der Waals surface area contributed by atoms with Crippen LogP contribution in [0.2, 0.25) is 5.02 Å².